The monoisotopic (exact) mass is 565 g/mol. The Balaban J connectivity index is 1.68. The van der Waals surface area contributed by atoms with E-state index >= 15 is 4.39 Å². The molecule has 0 unspecified atom stereocenters. The fraction of sp³-hybridized carbons (Fsp3) is 0.172. The highest BCUT2D eigenvalue weighted by molar-refractivity contribution is 6.09. The average Bonchev–Trinajstić information content (AvgIpc) is 3.38. The molecule has 3 N–H and O–H groups in total. The van der Waals surface area contributed by atoms with E-state index in [4.69, 9.17) is 0 Å². The number of anilines is 1. The van der Waals surface area contributed by atoms with Crippen molar-refractivity contribution in [3.8, 4) is 22.5 Å². The minimum Gasteiger partial charge on any atom is -0.392 e. The summed E-state index contributed by atoms with van der Waals surface area (Å²) in [7, 11) is 0. The third-order valence-corrected chi connectivity index (χ3v) is 6.43. The molecular weight excluding hydrogens is 542 g/mol. The van der Waals surface area contributed by atoms with Crippen molar-refractivity contribution in [2.24, 2.45) is 0 Å². The number of imidazole rings is 1. The summed E-state index contributed by atoms with van der Waals surface area (Å²) in [5, 5.41) is 22.9. The zero-order chi connectivity index (χ0) is 29.5. The number of hydrogen-bond acceptors (Lipinski definition) is 6. The molecule has 3 heterocycles. The second kappa shape index (κ2) is 10.4. The second-order valence-electron chi connectivity index (χ2n) is 9.76. The summed E-state index contributed by atoms with van der Waals surface area (Å²) in [5.41, 5.74) is -1.59. The van der Waals surface area contributed by atoms with E-state index in [1.165, 1.54) is 24.7 Å². The van der Waals surface area contributed by atoms with Crippen LogP contribution in [0.2, 0.25) is 0 Å². The Morgan fingerprint density at radius 2 is 1.73 bits per heavy atom. The molecule has 5 aromatic rings. The van der Waals surface area contributed by atoms with Gasteiger partial charge in [0.15, 0.2) is 11.5 Å². The fourth-order valence-corrected chi connectivity index (χ4v) is 4.49. The van der Waals surface area contributed by atoms with Crippen LogP contribution in [0.4, 0.5) is 23.2 Å². The summed E-state index contributed by atoms with van der Waals surface area (Å²) in [5.74, 6) is -2.78. The second-order valence-corrected chi connectivity index (χ2v) is 9.76. The van der Waals surface area contributed by atoms with Gasteiger partial charge in [0.2, 0.25) is 0 Å². The molecule has 0 bridgehead atoms. The molecule has 5 rings (SSSR count). The molecule has 210 valence electrons. The molecule has 8 nitrogen and oxygen atoms in total. The van der Waals surface area contributed by atoms with Crippen molar-refractivity contribution >= 4 is 17.2 Å². The molecule has 0 spiro atoms. The molecule has 1 amide bonds. The maximum atomic E-state index is 15.1. The quantitative estimate of drug-likeness (QED) is 0.232. The summed E-state index contributed by atoms with van der Waals surface area (Å²) in [6.45, 7) is 2.86. The molecule has 2 aromatic carbocycles. The molecule has 0 atom stereocenters. The molecule has 0 saturated heterocycles. The van der Waals surface area contributed by atoms with Crippen LogP contribution in [-0.4, -0.2) is 35.5 Å². The Hall–Kier alpha value is -4.68. The van der Waals surface area contributed by atoms with Crippen molar-refractivity contribution in [2.75, 3.05) is 5.32 Å². The van der Waals surface area contributed by atoms with Crippen molar-refractivity contribution in [3.05, 3.63) is 102 Å². The molecule has 41 heavy (non-hydrogen) atoms. The van der Waals surface area contributed by atoms with E-state index < -0.39 is 40.2 Å². The number of nitrogens with zero attached hydrogens (tertiary/aromatic N) is 4. The van der Waals surface area contributed by atoms with Crippen molar-refractivity contribution in [3.63, 3.8) is 0 Å². The predicted octanol–water partition coefficient (Wildman–Crippen LogP) is 5.59. The Morgan fingerprint density at radius 1 is 1.00 bits per heavy atom. The third-order valence-electron chi connectivity index (χ3n) is 6.43. The number of aliphatic hydroxyl groups excluding tert-OH is 1. The number of pyridine rings is 1. The molecule has 0 aliphatic heterocycles. The zero-order valence-corrected chi connectivity index (χ0v) is 21.7. The summed E-state index contributed by atoms with van der Waals surface area (Å²) in [4.78, 5) is 25.6. The number of amides is 1. The maximum Gasteiger partial charge on any atom is 0.417 e. The Bertz CT molecular complexity index is 1760. The number of halogens is 4. The van der Waals surface area contributed by atoms with Crippen molar-refractivity contribution < 1.29 is 32.6 Å². The summed E-state index contributed by atoms with van der Waals surface area (Å²) in [6.07, 6.45) is 0.581. The first-order valence-corrected chi connectivity index (χ1v) is 12.3. The van der Waals surface area contributed by atoms with Crippen LogP contribution in [0.25, 0.3) is 28.2 Å². The van der Waals surface area contributed by atoms with Gasteiger partial charge in [0.05, 0.1) is 35.3 Å². The van der Waals surface area contributed by atoms with E-state index in [2.05, 4.69) is 20.3 Å². The number of aromatic nitrogens is 4. The number of nitrogens with one attached hydrogen (secondary N) is 1. The van der Waals surface area contributed by atoms with Gasteiger partial charge in [0, 0.05) is 29.7 Å². The van der Waals surface area contributed by atoms with Gasteiger partial charge in [0.1, 0.15) is 11.4 Å². The number of carbonyl (C=O) groups excluding carboxylic acids is 1. The van der Waals surface area contributed by atoms with Crippen molar-refractivity contribution in [1.82, 2.24) is 19.4 Å². The number of aliphatic hydroxyl groups is 2. The van der Waals surface area contributed by atoms with Crippen LogP contribution in [0.15, 0.2) is 73.3 Å². The molecular formula is C29H23F4N5O3. The minimum atomic E-state index is -4.94. The number of fused-ring (bicyclic) bond motifs is 1. The number of benzene rings is 2. The molecule has 3 aromatic heterocycles. The first-order chi connectivity index (χ1) is 19.4. The van der Waals surface area contributed by atoms with Gasteiger partial charge in [-0.05, 0) is 55.3 Å². The van der Waals surface area contributed by atoms with Crippen LogP contribution in [0.5, 0.6) is 0 Å². The van der Waals surface area contributed by atoms with E-state index in [-0.39, 0.29) is 29.8 Å². The molecule has 0 saturated carbocycles. The van der Waals surface area contributed by atoms with Gasteiger partial charge >= 0.3 is 6.18 Å². The van der Waals surface area contributed by atoms with Gasteiger partial charge in [-0.15, -0.1) is 0 Å². The number of hydrogen-bond donors (Lipinski definition) is 3. The first-order valence-electron chi connectivity index (χ1n) is 12.3. The number of carbonyl (C=O) groups is 1. The van der Waals surface area contributed by atoms with E-state index in [9.17, 15) is 28.2 Å². The van der Waals surface area contributed by atoms with E-state index in [1.807, 2.05) is 0 Å². The number of alkyl halides is 3. The highest BCUT2D eigenvalue weighted by Gasteiger charge is 2.36. The van der Waals surface area contributed by atoms with Crippen molar-refractivity contribution in [1.29, 1.82) is 0 Å². The normalized spacial score (nSPS) is 12.1. The van der Waals surface area contributed by atoms with Crippen LogP contribution in [0.1, 0.15) is 41.0 Å². The molecule has 0 fully saturated rings. The lowest BCUT2D eigenvalue weighted by Gasteiger charge is -2.19. The Kier molecular flexibility index (Phi) is 7.05. The topological polar surface area (TPSA) is 113 Å². The van der Waals surface area contributed by atoms with Gasteiger partial charge in [-0.2, -0.15) is 13.2 Å². The molecule has 0 radical (unpaired) electrons. The summed E-state index contributed by atoms with van der Waals surface area (Å²) >= 11 is 0. The zero-order valence-electron chi connectivity index (χ0n) is 21.7. The Labute approximate surface area is 231 Å². The molecule has 0 aliphatic carbocycles. The van der Waals surface area contributed by atoms with Gasteiger partial charge in [0.25, 0.3) is 5.91 Å². The van der Waals surface area contributed by atoms with Crippen LogP contribution in [0.3, 0.4) is 0 Å². The largest absolute Gasteiger partial charge is 0.417 e. The highest BCUT2D eigenvalue weighted by atomic mass is 19.4. The first kappa shape index (κ1) is 27.9. The maximum absolute atomic E-state index is 15.1. The van der Waals surface area contributed by atoms with E-state index in [0.29, 0.717) is 22.4 Å². The average molecular weight is 566 g/mol. The third kappa shape index (κ3) is 5.39. The predicted molar refractivity (Wildman–Crippen MR) is 142 cm³/mol. The van der Waals surface area contributed by atoms with E-state index in [1.54, 1.807) is 54.8 Å². The standard InChI is InChI=1S/C29H23F4N5O3/c1-28(2,41)23-14-36-26-24(18(7-10-38(23)26)17-6-3-5-16(11-17)15-39)37-27(40)20-12-19(25-34-8-4-9-35-25)21(13-22(20)30)29(31,32)33/h3-14,39,41H,15H2,1-2H3,(H,37,40). The van der Waals surface area contributed by atoms with Gasteiger partial charge in [-0.1, -0.05) is 18.2 Å². The fourth-order valence-electron chi connectivity index (χ4n) is 4.49. The van der Waals surface area contributed by atoms with Crippen LogP contribution in [-0.2, 0) is 18.4 Å². The van der Waals surface area contributed by atoms with Crippen LogP contribution in [0, 0.1) is 5.82 Å². The van der Waals surface area contributed by atoms with Gasteiger partial charge < -0.3 is 15.5 Å². The Morgan fingerprint density at radius 3 is 2.39 bits per heavy atom. The summed E-state index contributed by atoms with van der Waals surface area (Å²) < 4.78 is 58.1. The van der Waals surface area contributed by atoms with E-state index in [0.717, 1.165) is 6.07 Å². The minimum absolute atomic E-state index is 0.111. The van der Waals surface area contributed by atoms with Crippen LogP contribution < -0.4 is 5.32 Å². The lowest BCUT2D eigenvalue weighted by Crippen LogP contribution is -2.19. The van der Waals surface area contributed by atoms with Crippen molar-refractivity contribution in [2.45, 2.75) is 32.2 Å². The molecule has 0 aliphatic rings. The smallest absolute Gasteiger partial charge is 0.392 e. The summed E-state index contributed by atoms with van der Waals surface area (Å²) in [6, 6.07) is 10.9. The van der Waals surface area contributed by atoms with Gasteiger partial charge in [-0.25, -0.2) is 19.3 Å². The molecule has 12 heteroatoms. The lowest BCUT2D eigenvalue weighted by molar-refractivity contribution is -0.137. The SMILES string of the molecule is CC(C)(O)c1cnc2c(NC(=O)c3cc(-c4ncccn4)c(C(F)(F)F)cc3F)c(-c3cccc(CO)c3)ccn12. The number of rotatable bonds is 6. The lowest BCUT2D eigenvalue weighted by atomic mass is 10.00. The van der Waals surface area contributed by atoms with Crippen LogP contribution >= 0.6 is 0 Å². The highest BCUT2D eigenvalue weighted by Crippen LogP contribution is 2.38. The van der Waals surface area contributed by atoms with Gasteiger partial charge in [-0.3, -0.25) is 9.20 Å².